The Bertz CT molecular complexity index is 608. The van der Waals surface area contributed by atoms with E-state index in [1.807, 2.05) is 30.3 Å². The van der Waals surface area contributed by atoms with Crippen LogP contribution in [-0.4, -0.2) is 36.6 Å². The highest BCUT2D eigenvalue weighted by Crippen LogP contribution is 2.29. The van der Waals surface area contributed by atoms with Gasteiger partial charge in [0.2, 0.25) is 11.8 Å². The number of nitrogens with two attached hydrogens (primary N) is 1. The number of benzene rings is 1. The van der Waals surface area contributed by atoms with Gasteiger partial charge in [-0.1, -0.05) is 18.2 Å². The Morgan fingerprint density at radius 2 is 2.00 bits per heavy atom. The molecule has 0 bridgehead atoms. The second-order valence-electron chi connectivity index (χ2n) is 4.49. The fraction of sp³-hybridized carbons (Fsp3) is 0.286. The molecular weight excluding hydrogens is 290 g/mol. The zero-order valence-corrected chi connectivity index (χ0v) is 12.2. The van der Waals surface area contributed by atoms with Crippen LogP contribution in [0.4, 0.5) is 0 Å². The maximum absolute atomic E-state index is 11.5. The SMILES string of the molecule is NCC(=O)NCC(=O)NCC(O)c1cc2ccccc2s1. The summed E-state index contributed by atoms with van der Waals surface area (Å²) in [5.41, 5.74) is 5.11. The number of carbonyl (C=O) groups excluding carboxylic acids is 2. The van der Waals surface area contributed by atoms with Crippen molar-refractivity contribution in [2.75, 3.05) is 19.6 Å². The third-order valence-electron chi connectivity index (χ3n) is 2.90. The molecule has 2 rings (SSSR count). The zero-order chi connectivity index (χ0) is 15.2. The molecule has 112 valence electrons. The average molecular weight is 307 g/mol. The van der Waals surface area contributed by atoms with Gasteiger partial charge in [-0.3, -0.25) is 9.59 Å². The highest BCUT2D eigenvalue weighted by atomic mass is 32.1. The minimum absolute atomic E-state index is 0.101. The number of nitrogens with one attached hydrogen (secondary N) is 2. The van der Waals surface area contributed by atoms with Gasteiger partial charge in [-0.15, -0.1) is 11.3 Å². The summed E-state index contributed by atoms with van der Waals surface area (Å²) >= 11 is 1.49. The molecule has 1 aromatic carbocycles. The Morgan fingerprint density at radius 1 is 1.24 bits per heavy atom. The monoisotopic (exact) mass is 307 g/mol. The number of carbonyl (C=O) groups is 2. The maximum atomic E-state index is 11.5. The molecule has 0 aliphatic carbocycles. The molecule has 1 heterocycles. The molecule has 1 unspecified atom stereocenters. The lowest BCUT2D eigenvalue weighted by Gasteiger charge is -2.10. The van der Waals surface area contributed by atoms with Crippen molar-refractivity contribution in [3.8, 4) is 0 Å². The van der Waals surface area contributed by atoms with Gasteiger partial charge < -0.3 is 21.5 Å². The topological polar surface area (TPSA) is 104 Å². The molecule has 0 radical (unpaired) electrons. The van der Waals surface area contributed by atoms with E-state index in [-0.39, 0.29) is 25.5 Å². The lowest BCUT2D eigenvalue weighted by Crippen LogP contribution is -2.40. The van der Waals surface area contributed by atoms with E-state index in [0.717, 1.165) is 15.0 Å². The number of rotatable bonds is 6. The molecule has 0 saturated heterocycles. The van der Waals surface area contributed by atoms with E-state index in [2.05, 4.69) is 10.6 Å². The molecule has 21 heavy (non-hydrogen) atoms. The highest BCUT2D eigenvalue weighted by molar-refractivity contribution is 7.19. The Hall–Kier alpha value is -1.96. The Morgan fingerprint density at radius 3 is 2.71 bits per heavy atom. The molecule has 0 aliphatic heterocycles. The molecule has 5 N–H and O–H groups in total. The van der Waals surface area contributed by atoms with E-state index in [9.17, 15) is 14.7 Å². The number of aliphatic hydroxyl groups is 1. The smallest absolute Gasteiger partial charge is 0.239 e. The van der Waals surface area contributed by atoms with Crippen LogP contribution in [0.3, 0.4) is 0 Å². The van der Waals surface area contributed by atoms with Gasteiger partial charge in [0.25, 0.3) is 0 Å². The predicted octanol–water partition coefficient (Wildman–Crippen LogP) is 0.126. The molecule has 0 aliphatic rings. The molecule has 0 saturated carbocycles. The molecule has 1 atom stereocenters. The van der Waals surface area contributed by atoms with Crippen LogP contribution in [0, 0.1) is 0 Å². The minimum Gasteiger partial charge on any atom is -0.386 e. The molecule has 0 spiro atoms. The summed E-state index contributed by atoms with van der Waals surface area (Å²) in [5, 5.41) is 16.1. The number of hydrogen-bond acceptors (Lipinski definition) is 5. The minimum atomic E-state index is -0.767. The normalized spacial score (nSPS) is 12.1. The van der Waals surface area contributed by atoms with Crippen LogP contribution >= 0.6 is 11.3 Å². The lowest BCUT2D eigenvalue weighted by atomic mass is 10.2. The zero-order valence-electron chi connectivity index (χ0n) is 11.3. The summed E-state index contributed by atoms with van der Waals surface area (Å²) in [4.78, 5) is 23.2. The van der Waals surface area contributed by atoms with Crippen LogP contribution in [-0.2, 0) is 9.59 Å². The first-order valence-electron chi connectivity index (χ1n) is 6.50. The number of amides is 2. The van der Waals surface area contributed by atoms with Crippen LogP contribution in [0.1, 0.15) is 11.0 Å². The van der Waals surface area contributed by atoms with Crippen LogP contribution in [0.2, 0.25) is 0 Å². The fourth-order valence-electron chi connectivity index (χ4n) is 1.79. The summed E-state index contributed by atoms with van der Waals surface area (Å²) in [7, 11) is 0. The highest BCUT2D eigenvalue weighted by Gasteiger charge is 2.13. The van der Waals surface area contributed by atoms with Gasteiger partial charge in [0.15, 0.2) is 0 Å². The van der Waals surface area contributed by atoms with E-state index in [1.54, 1.807) is 0 Å². The second kappa shape index (κ2) is 7.16. The van der Waals surface area contributed by atoms with Crippen molar-refractivity contribution in [2.24, 2.45) is 5.73 Å². The standard InChI is InChI=1S/C14H17N3O3S/c15-6-13(19)17-8-14(20)16-7-10(18)12-5-9-3-1-2-4-11(9)21-12/h1-5,10,18H,6-8,15H2,(H,16,20)(H,17,19). The third-order valence-corrected chi connectivity index (χ3v) is 4.11. The molecule has 7 heteroatoms. The Balaban J connectivity index is 1.85. The van der Waals surface area contributed by atoms with E-state index in [1.165, 1.54) is 11.3 Å². The maximum Gasteiger partial charge on any atom is 0.239 e. The first-order chi connectivity index (χ1) is 10.1. The number of hydrogen-bond donors (Lipinski definition) is 4. The Labute approximate surface area is 125 Å². The third kappa shape index (κ3) is 4.25. The van der Waals surface area contributed by atoms with Crippen molar-refractivity contribution < 1.29 is 14.7 Å². The molecular formula is C14H17N3O3S. The van der Waals surface area contributed by atoms with E-state index >= 15 is 0 Å². The average Bonchev–Trinajstić information content (AvgIpc) is 2.94. The summed E-state index contributed by atoms with van der Waals surface area (Å²) in [6, 6.07) is 9.75. The molecule has 2 amide bonds. The Kier molecular flexibility index (Phi) is 5.26. The number of aliphatic hydroxyl groups excluding tert-OH is 1. The lowest BCUT2D eigenvalue weighted by molar-refractivity contribution is -0.125. The summed E-state index contributed by atoms with van der Waals surface area (Å²) in [6.45, 7) is -0.197. The van der Waals surface area contributed by atoms with Crippen molar-refractivity contribution in [1.29, 1.82) is 0 Å². The number of thiophene rings is 1. The summed E-state index contributed by atoms with van der Waals surface area (Å²) in [5.74, 6) is -0.757. The van der Waals surface area contributed by atoms with Crippen LogP contribution in [0.25, 0.3) is 10.1 Å². The summed E-state index contributed by atoms with van der Waals surface area (Å²) < 4.78 is 1.09. The van der Waals surface area contributed by atoms with Gasteiger partial charge in [-0.2, -0.15) is 0 Å². The molecule has 2 aromatic rings. The fourth-order valence-corrected chi connectivity index (χ4v) is 2.84. The predicted molar refractivity (Wildman–Crippen MR) is 81.9 cm³/mol. The van der Waals surface area contributed by atoms with E-state index in [4.69, 9.17) is 5.73 Å². The van der Waals surface area contributed by atoms with Crippen LogP contribution in [0.5, 0.6) is 0 Å². The van der Waals surface area contributed by atoms with Crippen molar-refractivity contribution in [2.45, 2.75) is 6.10 Å². The molecule has 1 aromatic heterocycles. The number of fused-ring (bicyclic) bond motifs is 1. The van der Waals surface area contributed by atoms with E-state index in [0.29, 0.717) is 0 Å². The van der Waals surface area contributed by atoms with Gasteiger partial charge >= 0.3 is 0 Å². The van der Waals surface area contributed by atoms with Crippen molar-refractivity contribution in [3.05, 3.63) is 35.2 Å². The molecule has 0 fully saturated rings. The van der Waals surface area contributed by atoms with Crippen LogP contribution < -0.4 is 16.4 Å². The summed E-state index contributed by atoms with van der Waals surface area (Å²) in [6.07, 6.45) is -0.767. The quantitative estimate of drug-likeness (QED) is 0.608. The molecule has 6 nitrogen and oxygen atoms in total. The first-order valence-corrected chi connectivity index (χ1v) is 7.32. The van der Waals surface area contributed by atoms with E-state index < -0.39 is 12.0 Å². The van der Waals surface area contributed by atoms with Crippen molar-refractivity contribution in [1.82, 2.24) is 10.6 Å². The largest absolute Gasteiger partial charge is 0.386 e. The van der Waals surface area contributed by atoms with Gasteiger partial charge in [0, 0.05) is 16.1 Å². The van der Waals surface area contributed by atoms with Crippen molar-refractivity contribution in [3.63, 3.8) is 0 Å². The van der Waals surface area contributed by atoms with Crippen molar-refractivity contribution >= 4 is 33.2 Å². The van der Waals surface area contributed by atoms with Gasteiger partial charge in [0.1, 0.15) is 6.10 Å². The van der Waals surface area contributed by atoms with Gasteiger partial charge in [0.05, 0.1) is 13.1 Å². The second-order valence-corrected chi connectivity index (χ2v) is 5.60. The van der Waals surface area contributed by atoms with Gasteiger partial charge in [-0.05, 0) is 17.5 Å². The van der Waals surface area contributed by atoms with Crippen LogP contribution in [0.15, 0.2) is 30.3 Å². The first kappa shape index (κ1) is 15.4. The van der Waals surface area contributed by atoms with Gasteiger partial charge in [-0.25, -0.2) is 0 Å².